The van der Waals surface area contributed by atoms with E-state index in [-0.39, 0.29) is 73.0 Å². The van der Waals surface area contributed by atoms with Crippen LogP contribution in [0.5, 0.6) is 11.8 Å². The van der Waals surface area contributed by atoms with E-state index in [4.69, 9.17) is 9.47 Å². The van der Waals surface area contributed by atoms with Gasteiger partial charge in [0.1, 0.15) is 37.4 Å². The van der Waals surface area contributed by atoms with Crippen LogP contribution in [0.4, 0.5) is 19.0 Å². The Labute approximate surface area is 210 Å². The van der Waals surface area contributed by atoms with Crippen LogP contribution in [0.15, 0.2) is 37.0 Å². The first kappa shape index (κ1) is 25.0. The van der Waals surface area contributed by atoms with Crippen LogP contribution in [-0.2, 0) is 15.5 Å². The number of aromatic nitrogens is 3. The molecular weight excluding hydrogens is 510 g/mol. The summed E-state index contributed by atoms with van der Waals surface area (Å²) in [6.45, 7) is 5.72. The molecule has 1 fully saturated rings. The molecule has 194 valence electrons. The number of fused-ring (bicyclic) bond motifs is 5. The first-order chi connectivity index (χ1) is 17.6. The van der Waals surface area contributed by atoms with Crippen molar-refractivity contribution in [1.82, 2.24) is 19.9 Å². The normalized spacial score (nSPS) is 17.6. The average Bonchev–Trinajstić information content (AvgIpc) is 2.87. The first-order valence-corrected chi connectivity index (χ1v) is 13.6. The molecule has 1 N–H and O–H groups in total. The third-order valence-electron chi connectivity index (χ3n) is 6.33. The molecule has 2 aliphatic heterocycles. The molecule has 9 nitrogen and oxygen atoms in total. The number of amides is 1. The van der Waals surface area contributed by atoms with Gasteiger partial charge < -0.3 is 24.3 Å². The number of hydrogen-bond acceptors (Lipinski definition) is 8. The summed E-state index contributed by atoms with van der Waals surface area (Å²) in [6.07, 6.45) is -3.97. The molecule has 2 bridgehead atoms. The fourth-order valence-electron chi connectivity index (χ4n) is 4.48. The summed E-state index contributed by atoms with van der Waals surface area (Å²) in [5, 5.41) is 2.50. The maximum Gasteiger partial charge on any atom is 0.419 e. The number of para-hydroxylation sites is 1. The molecule has 0 unspecified atom stereocenters. The summed E-state index contributed by atoms with van der Waals surface area (Å²) in [7, 11) is -3.60. The predicted molar refractivity (Wildman–Crippen MR) is 132 cm³/mol. The fourth-order valence-corrected chi connectivity index (χ4v) is 7.17. The van der Waals surface area contributed by atoms with Crippen LogP contribution >= 0.6 is 7.14 Å². The zero-order chi connectivity index (χ0) is 26.4. The Hall–Kier alpha value is -3.66. The van der Waals surface area contributed by atoms with Crippen LogP contribution in [0.2, 0.25) is 0 Å². The lowest BCUT2D eigenvalue weighted by molar-refractivity contribution is -0.135. The molecule has 1 amide bonds. The van der Waals surface area contributed by atoms with Gasteiger partial charge in [-0.3, -0.25) is 9.78 Å². The average molecular weight is 533 g/mol. The number of carbonyl (C=O) groups excluding carboxylic acids is 1. The number of ether oxygens (including phenoxy) is 2. The molecule has 0 atom stereocenters. The van der Waals surface area contributed by atoms with Gasteiger partial charge in [0.25, 0.3) is 0 Å². The number of alkyl halides is 3. The topological polar surface area (TPSA) is 107 Å². The standard InChI is InChI=1S/C24H23F3N5O4P/c1-14-16-5-3-4-6-18(16)35-9-10-36-23-30-17-13-28-22(37(34)11-7-32(8-12-37)15(2)33)20(24(25,26)27)19(17)21(29-14)31-23/h3-6,13H,1,7-12H2,2H3,(H,29,30,31). The third kappa shape index (κ3) is 4.73. The SMILES string of the molecule is C=C1Nc2nc(nc3cnc(P4(=O)CCN(C(C)=O)CC4)c(C(F)(F)F)c23)OCCOc2ccccc21. The van der Waals surface area contributed by atoms with Crippen molar-refractivity contribution in [2.75, 3.05) is 43.9 Å². The summed E-state index contributed by atoms with van der Waals surface area (Å²) in [4.78, 5) is 25.6. The highest BCUT2D eigenvalue weighted by molar-refractivity contribution is 7.71. The van der Waals surface area contributed by atoms with Crippen LogP contribution < -0.4 is 20.2 Å². The molecule has 1 aromatic carbocycles. The quantitative estimate of drug-likeness (QED) is 0.472. The van der Waals surface area contributed by atoms with Gasteiger partial charge in [0, 0.05) is 43.6 Å². The van der Waals surface area contributed by atoms with Gasteiger partial charge in [0.2, 0.25) is 5.91 Å². The molecule has 5 rings (SSSR count). The molecule has 1 saturated heterocycles. The largest absolute Gasteiger partial charge is 0.489 e. The van der Waals surface area contributed by atoms with E-state index < -0.39 is 24.3 Å². The molecule has 2 aromatic heterocycles. The minimum absolute atomic E-state index is 0.0469. The van der Waals surface area contributed by atoms with Crippen molar-refractivity contribution in [3.63, 3.8) is 0 Å². The van der Waals surface area contributed by atoms with Gasteiger partial charge in [-0.2, -0.15) is 23.1 Å². The smallest absolute Gasteiger partial charge is 0.419 e. The number of hydrogen-bond donors (Lipinski definition) is 1. The molecule has 2 aliphatic rings. The fraction of sp³-hybridized carbons (Fsp3) is 0.333. The second-order valence-corrected chi connectivity index (χ2v) is 11.8. The minimum Gasteiger partial charge on any atom is -0.489 e. The molecule has 4 heterocycles. The Balaban J connectivity index is 1.70. The van der Waals surface area contributed by atoms with Crippen molar-refractivity contribution in [1.29, 1.82) is 0 Å². The van der Waals surface area contributed by atoms with Gasteiger partial charge in [-0.15, -0.1) is 0 Å². The van der Waals surface area contributed by atoms with E-state index in [1.165, 1.54) is 11.8 Å². The molecule has 37 heavy (non-hydrogen) atoms. The van der Waals surface area contributed by atoms with Crippen LogP contribution in [0.3, 0.4) is 0 Å². The van der Waals surface area contributed by atoms with E-state index in [0.717, 1.165) is 6.20 Å². The Bertz CT molecular complexity index is 1450. The number of nitrogens with zero attached hydrogens (tertiary/aromatic N) is 4. The highest BCUT2D eigenvalue weighted by atomic mass is 31.2. The lowest BCUT2D eigenvalue weighted by atomic mass is 10.1. The van der Waals surface area contributed by atoms with E-state index in [2.05, 4.69) is 26.8 Å². The Morgan fingerprint density at radius 3 is 2.54 bits per heavy atom. The van der Waals surface area contributed by atoms with Gasteiger partial charge in [-0.05, 0) is 12.1 Å². The highest BCUT2D eigenvalue weighted by Crippen LogP contribution is 2.50. The number of pyridine rings is 1. The lowest BCUT2D eigenvalue weighted by Crippen LogP contribution is -2.41. The van der Waals surface area contributed by atoms with Crippen LogP contribution in [0.1, 0.15) is 18.1 Å². The number of benzene rings is 1. The molecule has 3 aromatic rings. The van der Waals surface area contributed by atoms with Crippen molar-refractivity contribution < 1.29 is 32.0 Å². The molecule has 0 radical (unpaired) electrons. The number of halogens is 3. The van der Waals surface area contributed by atoms with Gasteiger partial charge >= 0.3 is 12.2 Å². The van der Waals surface area contributed by atoms with Crippen molar-refractivity contribution >= 4 is 40.9 Å². The summed E-state index contributed by atoms with van der Waals surface area (Å²) in [5.74, 6) is 0.0453. The van der Waals surface area contributed by atoms with Gasteiger partial charge in [0.05, 0.1) is 22.7 Å². The maximum absolute atomic E-state index is 14.7. The Morgan fingerprint density at radius 2 is 1.84 bits per heavy atom. The van der Waals surface area contributed by atoms with Gasteiger partial charge in [-0.25, -0.2) is 0 Å². The Morgan fingerprint density at radius 1 is 1.14 bits per heavy atom. The lowest BCUT2D eigenvalue weighted by Gasteiger charge is -2.32. The van der Waals surface area contributed by atoms with Crippen molar-refractivity contribution in [3.8, 4) is 11.8 Å². The molecule has 0 saturated carbocycles. The van der Waals surface area contributed by atoms with Crippen LogP contribution in [0.25, 0.3) is 16.6 Å². The van der Waals surface area contributed by atoms with E-state index in [9.17, 15) is 22.5 Å². The zero-order valence-corrected chi connectivity index (χ0v) is 20.7. The second kappa shape index (κ2) is 9.33. The number of carbonyl (C=O) groups is 1. The summed E-state index contributed by atoms with van der Waals surface area (Å²) in [6, 6.07) is 6.77. The minimum atomic E-state index is -4.92. The van der Waals surface area contributed by atoms with Gasteiger partial charge in [0.15, 0.2) is 0 Å². The molecule has 13 heteroatoms. The number of nitrogens with one attached hydrogen (secondary N) is 1. The number of anilines is 1. The molecule has 0 aliphatic carbocycles. The van der Waals surface area contributed by atoms with Crippen LogP contribution in [-0.4, -0.2) is 64.4 Å². The summed E-state index contributed by atoms with van der Waals surface area (Å²) < 4.78 is 69.2. The Kier molecular flexibility index (Phi) is 6.31. The summed E-state index contributed by atoms with van der Waals surface area (Å²) >= 11 is 0. The van der Waals surface area contributed by atoms with E-state index >= 15 is 0 Å². The maximum atomic E-state index is 14.7. The monoisotopic (exact) mass is 533 g/mol. The summed E-state index contributed by atoms with van der Waals surface area (Å²) in [5.41, 5.74) is -1.04. The molecule has 0 spiro atoms. The zero-order valence-electron chi connectivity index (χ0n) is 19.8. The van der Waals surface area contributed by atoms with Crippen molar-refractivity contribution in [2.24, 2.45) is 0 Å². The second-order valence-electron chi connectivity index (χ2n) is 8.71. The third-order valence-corrected chi connectivity index (χ3v) is 9.29. The van der Waals surface area contributed by atoms with E-state index in [0.29, 0.717) is 11.3 Å². The first-order valence-electron chi connectivity index (χ1n) is 11.5. The highest BCUT2D eigenvalue weighted by Gasteiger charge is 2.45. The van der Waals surface area contributed by atoms with Gasteiger partial charge in [-0.1, -0.05) is 18.7 Å². The van der Waals surface area contributed by atoms with E-state index in [1.54, 1.807) is 24.3 Å². The predicted octanol–water partition coefficient (Wildman–Crippen LogP) is 3.75. The van der Waals surface area contributed by atoms with Crippen LogP contribution in [0, 0.1) is 0 Å². The van der Waals surface area contributed by atoms with Crippen molar-refractivity contribution in [3.05, 3.63) is 48.2 Å². The molecular formula is C24H23F3N5O4P. The number of rotatable bonds is 1. The van der Waals surface area contributed by atoms with E-state index in [1.807, 2.05) is 0 Å². The van der Waals surface area contributed by atoms with Crippen molar-refractivity contribution in [2.45, 2.75) is 13.1 Å².